The molecule has 0 saturated carbocycles. The number of nitrogens with one attached hydrogen (secondary N) is 2. The molecule has 0 heterocycles. The molecule has 5 heteroatoms. The van der Waals surface area contributed by atoms with Crippen molar-refractivity contribution in [2.45, 2.75) is 13.8 Å². The fourth-order valence-corrected chi connectivity index (χ4v) is 3.72. The third-order valence-electron chi connectivity index (χ3n) is 5.95. The van der Waals surface area contributed by atoms with Gasteiger partial charge in [-0.3, -0.25) is 14.4 Å². The SMILES string of the molecule is Cc1ccc(/C=C(\NC(=O)c2ccccc2)C(=O)Nc2ccc(C(=O)/C=C/c3ccccc3C)cc2)cc1. The van der Waals surface area contributed by atoms with Crippen LogP contribution >= 0.6 is 0 Å². The zero-order valence-corrected chi connectivity index (χ0v) is 21.3. The first kappa shape index (κ1) is 26.0. The number of hydrogen-bond donors (Lipinski definition) is 2. The zero-order valence-electron chi connectivity index (χ0n) is 21.3. The predicted octanol–water partition coefficient (Wildman–Crippen LogP) is 6.61. The van der Waals surface area contributed by atoms with Crippen LogP contribution in [0.4, 0.5) is 5.69 Å². The molecule has 0 unspecified atom stereocenters. The molecule has 0 bridgehead atoms. The van der Waals surface area contributed by atoms with Crippen LogP contribution in [0.3, 0.4) is 0 Å². The molecule has 0 aliphatic carbocycles. The van der Waals surface area contributed by atoms with Crippen LogP contribution in [0.5, 0.6) is 0 Å². The highest BCUT2D eigenvalue weighted by Crippen LogP contribution is 2.15. The minimum Gasteiger partial charge on any atom is -0.321 e. The summed E-state index contributed by atoms with van der Waals surface area (Å²) in [6.45, 7) is 3.97. The minimum atomic E-state index is -0.478. The van der Waals surface area contributed by atoms with Crippen LogP contribution in [0.2, 0.25) is 0 Å². The largest absolute Gasteiger partial charge is 0.321 e. The molecule has 2 amide bonds. The molecule has 2 N–H and O–H groups in total. The van der Waals surface area contributed by atoms with Crippen LogP contribution in [0.15, 0.2) is 115 Å². The quantitative estimate of drug-likeness (QED) is 0.211. The lowest BCUT2D eigenvalue weighted by Crippen LogP contribution is -2.30. The Morgan fingerprint density at radius 3 is 2.03 bits per heavy atom. The van der Waals surface area contributed by atoms with Crippen LogP contribution in [-0.2, 0) is 4.79 Å². The zero-order chi connectivity index (χ0) is 26.9. The van der Waals surface area contributed by atoms with E-state index in [-0.39, 0.29) is 17.4 Å². The van der Waals surface area contributed by atoms with Gasteiger partial charge in [0.15, 0.2) is 5.78 Å². The van der Waals surface area contributed by atoms with Crippen molar-refractivity contribution in [2.75, 3.05) is 5.32 Å². The third kappa shape index (κ3) is 7.02. The van der Waals surface area contributed by atoms with Crippen molar-refractivity contribution in [1.29, 1.82) is 0 Å². The number of benzene rings is 4. The standard InChI is InChI=1S/C33H28N2O3/c1-23-12-14-25(15-13-23)22-30(35-32(37)28-10-4-3-5-11-28)33(38)34-29-19-16-27(17-20-29)31(36)21-18-26-9-7-6-8-24(26)2/h3-22H,1-2H3,(H,34,38)(H,35,37)/b21-18+,30-22-. The number of hydrogen-bond acceptors (Lipinski definition) is 3. The van der Waals surface area contributed by atoms with Crippen LogP contribution in [0.1, 0.15) is 43.0 Å². The van der Waals surface area contributed by atoms with Crippen LogP contribution in [-0.4, -0.2) is 17.6 Å². The highest BCUT2D eigenvalue weighted by molar-refractivity contribution is 6.11. The molecule has 0 atom stereocenters. The van der Waals surface area contributed by atoms with E-state index in [1.807, 2.05) is 68.4 Å². The van der Waals surface area contributed by atoms with Gasteiger partial charge >= 0.3 is 0 Å². The van der Waals surface area contributed by atoms with E-state index in [0.29, 0.717) is 16.8 Å². The van der Waals surface area contributed by atoms with Crippen molar-refractivity contribution in [3.05, 3.63) is 148 Å². The van der Waals surface area contributed by atoms with Crippen LogP contribution in [0.25, 0.3) is 12.2 Å². The van der Waals surface area contributed by atoms with E-state index in [1.165, 1.54) is 6.08 Å². The van der Waals surface area contributed by atoms with Crippen LogP contribution < -0.4 is 10.6 Å². The highest BCUT2D eigenvalue weighted by Gasteiger charge is 2.15. The topological polar surface area (TPSA) is 75.3 Å². The Bertz CT molecular complexity index is 1500. The second kappa shape index (κ2) is 12.3. The lowest BCUT2D eigenvalue weighted by molar-refractivity contribution is -0.113. The fraction of sp³-hybridized carbons (Fsp3) is 0.0606. The van der Waals surface area contributed by atoms with E-state index in [9.17, 15) is 14.4 Å². The van der Waals surface area contributed by atoms with Gasteiger partial charge in [-0.15, -0.1) is 0 Å². The Labute approximate surface area is 222 Å². The van der Waals surface area contributed by atoms with Crippen molar-refractivity contribution in [3.8, 4) is 0 Å². The molecule has 0 aliphatic rings. The summed E-state index contributed by atoms with van der Waals surface area (Å²) in [7, 11) is 0. The van der Waals surface area contributed by atoms with Crippen molar-refractivity contribution < 1.29 is 14.4 Å². The molecule has 0 fully saturated rings. The van der Waals surface area contributed by atoms with Gasteiger partial charge in [-0.25, -0.2) is 0 Å². The first-order valence-electron chi connectivity index (χ1n) is 12.2. The van der Waals surface area contributed by atoms with E-state index in [1.54, 1.807) is 60.7 Å². The van der Waals surface area contributed by atoms with E-state index < -0.39 is 5.91 Å². The molecule has 0 saturated heterocycles. The number of rotatable bonds is 8. The summed E-state index contributed by atoms with van der Waals surface area (Å²) in [5.41, 5.74) is 5.47. The lowest BCUT2D eigenvalue weighted by atomic mass is 10.1. The van der Waals surface area contributed by atoms with Gasteiger partial charge in [0.05, 0.1) is 0 Å². The number of aryl methyl sites for hydroxylation is 2. The summed E-state index contributed by atoms with van der Waals surface area (Å²) in [6.07, 6.45) is 4.96. The summed E-state index contributed by atoms with van der Waals surface area (Å²) < 4.78 is 0. The van der Waals surface area contributed by atoms with Crippen molar-refractivity contribution in [2.24, 2.45) is 0 Å². The molecule has 0 aromatic heterocycles. The second-order valence-corrected chi connectivity index (χ2v) is 8.87. The van der Waals surface area contributed by atoms with Gasteiger partial charge in [0.1, 0.15) is 5.70 Å². The molecule has 0 radical (unpaired) electrons. The third-order valence-corrected chi connectivity index (χ3v) is 5.95. The Kier molecular flexibility index (Phi) is 8.42. The summed E-state index contributed by atoms with van der Waals surface area (Å²) in [6, 6.07) is 30.8. The number of carbonyl (C=O) groups excluding carboxylic acids is 3. The molecule has 38 heavy (non-hydrogen) atoms. The van der Waals surface area contributed by atoms with Crippen molar-refractivity contribution in [3.63, 3.8) is 0 Å². The van der Waals surface area contributed by atoms with Gasteiger partial charge in [0.2, 0.25) is 0 Å². The molecule has 0 spiro atoms. The maximum Gasteiger partial charge on any atom is 0.272 e. The second-order valence-electron chi connectivity index (χ2n) is 8.87. The van der Waals surface area contributed by atoms with E-state index >= 15 is 0 Å². The minimum absolute atomic E-state index is 0.101. The predicted molar refractivity (Wildman–Crippen MR) is 153 cm³/mol. The van der Waals surface area contributed by atoms with Gasteiger partial charge in [-0.1, -0.05) is 78.4 Å². The summed E-state index contributed by atoms with van der Waals surface area (Å²) in [5, 5.41) is 5.54. The molecule has 4 aromatic rings. The van der Waals surface area contributed by atoms with E-state index in [0.717, 1.165) is 22.3 Å². The summed E-state index contributed by atoms with van der Waals surface area (Å²) >= 11 is 0. The van der Waals surface area contributed by atoms with Gasteiger partial charge in [0, 0.05) is 16.8 Å². The van der Waals surface area contributed by atoms with Crippen LogP contribution in [0, 0.1) is 13.8 Å². The molecule has 4 aromatic carbocycles. The van der Waals surface area contributed by atoms with Gasteiger partial charge < -0.3 is 10.6 Å². The normalized spacial score (nSPS) is 11.3. The fourth-order valence-electron chi connectivity index (χ4n) is 3.72. The Morgan fingerprint density at radius 1 is 0.684 bits per heavy atom. The Morgan fingerprint density at radius 2 is 1.34 bits per heavy atom. The summed E-state index contributed by atoms with van der Waals surface area (Å²) in [5.74, 6) is -1.00. The first-order valence-corrected chi connectivity index (χ1v) is 12.2. The molecule has 4 rings (SSSR count). The Hall–Kier alpha value is -5.03. The Balaban J connectivity index is 1.49. The molecule has 188 valence electrons. The average molecular weight is 501 g/mol. The number of amides is 2. The maximum absolute atomic E-state index is 13.2. The lowest BCUT2D eigenvalue weighted by Gasteiger charge is -2.12. The number of anilines is 1. The van der Waals surface area contributed by atoms with Gasteiger partial charge in [-0.05, 0) is 79.1 Å². The van der Waals surface area contributed by atoms with E-state index in [2.05, 4.69) is 10.6 Å². The molecular formula is C33H28N2O3. The monoisotopic (exact) mass is 500 g/mol. The summed E-state index contributed by atoms with van der Waals surface area (Å²) in [4.78, 5) is 38.6. The van der Waals surface area contributed by atoms with Crippen molar-refractivity contribution >= 4 is 35.4 Å². The van der Waals surface area contributed by atoms with Gasteiger partial charge in [0.25, 0.3) is 11.8 Å². The van der Waals surface area contributed by atoms with E-state index in [4.69, 9.17) is 0 Å². The first-order chi connectivity index (χ1) is 18.4. The maximum atomic E-state index is 13.2. The molecule has 0 aliphatic heterocycles. The number of carbonyl (C=O) groups is 3. The number of allylic oxidation sites excluding steroid dienone is 1. The molecule has 5 nitrogen and oxygen atoms in total. The smallest absolute Gasteiger partial charge is 0.272 e. The molecular weight excluding hydrogens is 472 g/mol. The number of ketones is 1. The average Bonchev–Trinajstić information content (AvgIpc) is 2.94. The van der Waals surface area contributed by atoms with Gasteiger partial charge in [-0.2, -0.15) is 0 Å². The highest BCUT2D eigenvalue weighted by atomic mass is 16.2. The van der Waals surface area contributed by atoms with Crippen molar-refractivity contribution in [1.82, 2.24) is 5.32 Å².